The van der Waals surface area contributed by atoms with Gasteiger partial charge in [-0.3, -0.25) is 10.1 Å². The predicted octanol–water partition coefficient (Wildman–Crippen LogP) is 2.05. The van der Waals surface area contributed by atoms with Crippen LogP contribution in [0.5, 0.6) is 0 Å². The van der Waals surface area contributed by atoms with Crippen molar-refractivity contribution in [3.8, 4) is 0 Å². The highest BCUT2D eigenvalue weighted by Crippen LogP contribution is 2.30. The van der Waals surface area contributed by atoms with Gasteiger partial charge in [0.15, 0.2) is 11.6 Å². The number of nitrogens with two attached hydrogens (primary N) is 1. The fraction of sp³-hybridized carbons (Fsp3) is 0.500. The lowest BCUT2D eigenvalue weighted by Crippen LogP contribution is -2.48. The molecule has 2 N–H and O–H groups in total. The van der Waals surface area contributed by atoms with Gasteiger partial charge < -0.3 is 10.6 Å². The van der Waals surface area contributed by atoms with E-state index < -0.39 is 22.2 Å². The van der Waals surface area contributed by atoms with Crippen LogP contribution >= 0.6 is 0 Å². The van der Waals surface area contributed by atoms with Crippen LogP contribution in [-0.2, 0) is 0 Å². The van der Waals surface area contributed by atoms with E-state index in [0.29, 0.717) is 19.0 Å². The number of rotatable bonds is 2. The summed E-state index contributed by atoms with van der Waals surface area (Å²) in [5, 5.41) is 10.5. The van der Waals surface area contributed by atoms with E-state index in [1.54, 1.807) is 0 Å². The van der Waals surface area contributed by atoms with Crippen LogP contribution in [0.4, 0.5) is 20.2 Å². The average Bonchev–Trinajstić information content (AvgIpc) is 2.32. The van der Waals surface area contributed by atoms with Crippen molar-refractivity contribution >= 4 is 11.4 Å². The smallest absolute Gasteiger partial charge is 0.275 e. The first-order chi connectivity index (χ1) is 8.90. The van der Waals surface area contributed by atoms with Crippen molar-refractivity contribution in [1.82, 2.24) is 0 Å². The van der Waals surface area contributed by atoms with Crippen molar-refractivity contribution in [2.45, 2.75) is 19.4 Å². The first-order valence-electron chi connectivity index (χ1n) is 6.04. The highest BCUT2D eigenvalue weighted by atomic mass is 19.1. The minimum absolute atomic E-state index is 0.164. The zero-order valence-electron chi connectivity index (χ0n) is 10.5. The van der Waals surface area contributed by atoms with Gasteiger partial charge in [0.2, 0.25) is 0 Å². The molecule has 1 aliphatic heterocycles. The number of nitro benzene ring substituents is 1. The van der Waals surface area contributed by atoms with Crippen LogP contribution in [0.2, 0.25) is 0 Å². The van der Waals surface area contributed by atoms with Gasteiger partial charge in [0.05, 0.1) is 17.1 Å². The van der Waals surface area contributed by atoms with Crippen LogP contribution in [0.15, 0.2) is 12.1 Å². The molecule has 1 heterocycles. The lowest BCUT2D eigenvalue weighted by Gasteiger charge is -2.36. The molecule has 1 aliphatic rings. The molecule has 1 saturated heterocycles. The Kier molecular flexibility index (Phi) is 3.66. The van der Waals surface area contributed by atoms with E-state index in [9.17, 15) is 18.9 Å². The monoisotopic (exact) mass is 271 g/mol. The molecule has 0 amide bonds. The van der Waals surface area contributed by atoms with Crippen LogP contribution < -0.4 is 10.6 Å². The van der Waals surface area contributed by atoms with Crippen molar-refractivity contribution in [3.63, 3.8) is 0 Å². The standard InChI is InChI=1S/C12H15F2N3O2/c1-7-2-3-16(6-11(7)15)12-9(13)4-8(17(18)19)5-10(12)14/h4-5,7,11H,2-3,6,15H2,1H3. The molecule has 19 heavy (non-hydrogen) atoms. The number of nitro groups is 1. The van der Waals surface area contributed by atoms with Crippen LogP contribution in [0, 0.1) is 27.7 Å². The van der Waals surface area contributed by atoms with Gasteiger partial charge in [-0.15, -0.1) is 0 Å². The van der Waals surface area contributed by atoms with E-state index in [-0.39, 0.29) is 11.7 Å². The predicted molar refractivity (Wildman–Crippen MR) is 67.0 cm³/mol. The fourth-order valence-electron chi connectivity index (χ4n) is 2.26. The molecule has 1 aromatic rings. The molecule has 7 heteroatoms. The number of benzene rings is 1. The largest absolute Gasteiger partial charge is 0.365 e. The summed E-state index contributed by atoms with van der Waals surface area (Å²) in [6.45, 7) is 2.82. The van der Waals surface area contributed by atoms with Crippen LogP contribution in [0.25, 0.3) is 0 Å². The lowest BCUT2D eigenvalue weighted by molar-refractivity contribution is -0.385. The summed E-state index contributed by atoms with van der Waals surface area (Å²) in [4.78, 5) is 11.2. The van der Waals surface area contributed by atoms with Gasteiger partial charge in [0.25, 0.3) is 5.69 Å². The molecule has 5 nitrogen and oxygen atoms in total. The first-order valence-corrected chi connectivity index (χ1v) is 6.04. The summed E-state index contributed by atoms with van der Waals surface area (Å²) in [5.74, 6) is -1.55. The van der Waals surface area contributed by atoms with Gasteiger partial charge >= 0.3 is 0 Å². The van der Waals surface area contributed by atoms with Gasteiger partial charge in [-0.05, 0) is 12.3 Å². The number of piperidine rings is 1. The third kappa shape index (κ3) is 2.65. The molecule has 1 fully saturated rings. The molecule has 1 aromatic carbocycles. The highest BCUT2D eigenvalue weighted by molar-refractivity contribution is 5.54. The number of hydrogen-bond acceptors (Lipinski definition) is 4. The number of halogens is 2. The summed E-state index contributed by atoms with van der Waals surface area (Å²) in [7, 11) is 0. The Hall–Kier alpha value is -1.76. The van der Waals surface area contributed by atoms with E-state index in [2.05, 4.69) is 0 Å². The van der Waals surface area contributed by atoms with Crippen molar-refractivity contribution in [1.29, 1.82) is 0 Å². The number of anilines is 1. The van der Waals surface area contributed by atoms with Crippen LogP contribution in [0.1, 0.15) is 13.3 Å². The lowest BCUT2D eigenvalue weighted by atomic mass is 9.94. The maximum atomic E-state index is 13.9. The molecule has 2 atom stereocenters. The van der Waals surface area contributed by atoms with Gasteiger partial charge in [-0.25, -0.2) is 8.78 Å². The van der Waals surface area contributed by atoms with E-state index in [0.717, 1.165) is 18.6 Å². The van der Waals surface area contributed by atoms with Crippen molar-refractivity contribution < 1.29 is 13.7 Å². The molecule has 0 radical (unpaired) electrons. The molecule has 2 unspecified atom stereocenters. The number of nitrogens with zero attached hydrogens (tertiary/aromatic N) is 2. The Bertz CT molecular complexity index is 487. The zero-order chi connectivity index (χ0) is 14.2. The van der Waals surface area contributed by atoms with Gasteiger partial charge in [-0.2, -0.15) is 0 Å². The second-order valence-electron chi connectivity index (χ2n) is 4.89. The van der Waals surface area contributed by atoms with E-state index in [1.165, 1.54) is 4.90 Å². The third-order valence-corrected chi connectivity index (χ3v) is 3.55. The van der Waals surface area contributed by atoms with Crippen molar-refractivity contribution in [2.24, 2.45) is 11.7 Å². The Balaban J connectivity index is 2.33. The summed E-state index contributed by atoms with van der Waals surface area (Å²) < 4.78 is 27.7. The first kappa shape index (κ1) is 13.7. The Morgan fingerprint density at radius 1 is 1.42 bits per heavy atom. The number of hydrogen-bond donors (Lipinski definition) is 1. The summed E-state index contributed by atoms with van der Waals surface area (Å²) in [6.07, 6.45) is 0.733. The molecule has 104 valence electrons. The average molecular weight is 271 g/mol. The Labute approximate surface area is 109 Å². The summed E-state index contributed by atoms with van der Waals surface area (Å²) in [6, 6.07) is 1.31. The molecule has 0 saturated carbocycles. The molecular formula is C12H15F2N3O2. The molecule has 0 aliphatic carbocycles. The summed E-state index contributed by atoms with van der Waals surface area (Å²) >= 11 is 0. The number of non-ortho nitro benzene ring substituents is 1. The molecule has 2 rings (SSSR count). The summed E-state index contributed by atoms with van der Waals surface area (Å²) in [5.41, 5.74) is 5.07. The SMILES string of the molecule is CC1CCN(c2c(F)cc([N+](=O)[O-])cc2F)CC1N. The van der Waals surface area contributed by atoms with Gasteiger partial charge in [0.1, 0.15) is 5.69 Å². The quantitative estimate of drug-likeness (QED) is 0.660. The molecule has 0 aromatic heterocycles. The third-order valence-electron chi connectivity index (χ3n) is 3.55. The second-order valence-corrected chi connectivity index (χ2v) is 4.89. The van der Waals surface area contributed by atoms with E-state index in [4.69, 9.17) is 5.73 Å². The maximum Gasteiger partial charge on any atom is 0.275 e. The second kappa shape index (κ2) is 5.08. The zero-order valence-corrected chi connectivity index (χ0v) is 10.5. The molecule has 0 bridgehead atoms. The Morgan fingerprint density at radius 3 is 2.47 bits per heavy atom. The Morgan fingerprint density at radius 2 is 2.00 bits per heavy atom. The van der Waals surface area contributed by atoms with Crippen LogP contribution in [0.3, 0.4) is 0 Å². The minimum Gasteiger partial charge on any atom is -0.365 e. The van der Waals surface area contributed by atoms with Crippen LogP contribution in [-0.4, -0.2) is 24.1 Å². The maximum absolute atomic E-state index is 13.9. The van der Waals surface area contributed by atoms with Crippen molar-refractivity contribution in [3.05, 3.63) is 33.9 Å². The van der Waals surface area contributed by atoms with Gasteiger partial charge in [-0.1, -0.05) is 6.92 Å². The van der Waals surface area contributed by atoms with Crippen molar-refractivity contribution in [2.75, 3.05) is 18.0 Å². The normalized spacial score (nSPS) is 23.5. The fourth-order valence-corrected chi connectivity index (χ4v) is 2.26. The topological polar surface area (TPSA) is 72.4 Å². The van der Waals surface area contributed by atoms with Gasteiger partial charge in [0, 0.05) is 19.1 Å². The highest BCUT2D eigenvalue weighted by Gasteiger charge is 2.28. The van der Waals surface area contributed by atoms with E-state index >= 15 is 0 Å². The minimum atomic E-state index is -0.923. The molecular weight excluding hydrogens is 256 g/mol. The van der Waals surface area contributed by atoms with E-state index in [1.807, 2.05) is 6.92 Å². The molecule has 0 spiro atoms.